The van der Waals surface area contributed by atoms with Crippen molar-refractivity contribution in [1.29, 1.82) is 0 Å². The van der Waals surface area contributed by atoms with Gasteiger partial charge in [0.05, 0.1) is 4.90 Å². The minimum Gasteiger partial charge on any atom is -0.355 e. The summed E-state index contributed by atoms with van der Waals surface area (Å²) in [4.78, 5) is 23.9. The second kappa shape index (κ2) is 7.75. The zero-order valence-corrected chi connectivity index (χ0v) is 15.7. The van der Waals surface area contributed by atoms with E-state index in [-0.39, 0.29) is 29.0 Å². The van der Waals surface area contributed by atoms with E-state index in [1.165, 1.54) is 16.4 Å². The third kappa shape index (κ3) is 4.42. The van der Waals surface area contributed by atoms with Crippen LogP contribution < -0.4 is 10.6 Å². The van der Waals surface area contributed by atoms with E-state index in [9.17, 15) is 18.0 Å². The Kier molecular flexibility index (Phi) is 5.62. The number of nitrogens with zero attached hydrogens (tertiary/aromatic N) is 1. The average Bonchev–Trinajstić information content (AvgIpc) is 3.10. The molecule has 142 valence electrons. The number of rotatable bonds is 7. The number of hydrogen-bond acceptors (Lipinski definition) is 4. The van der Waals surface area contributed by atoms with Crippen LogP contribution in [0.1, 0.15) is 32.6 Å². The number of anilines is 1. The minimum atomic E-state index is -3.44. The first-order valence-corrected chi connectivity index (χ1v) is 10.5. The SMILES string of the molecule is CC1CC1C(=O)NCCC(=O)Nc1ccc(S(=O)(=O)N2CCCC2)cc1. The zero-order valence-electron chi connectivity index (χ0n) is 14.9. The normalized spacial score (nSPS) is 22.8. The summed E-state index contributed by atoms with van der Waals surface area (Å²) in [5.41, 5.74) is 0.539. The van der Waals surface area contributed by atoms with Gasteiger partial charge in [0.2, 0.25) is 21.8 Å². The first-order valence-electron chi connectivity index (χ1n) is 9.06. The van der Waals surface area contributed by atoms with Crippen LogP contribution in [-0.4, -0.2) is 44.2 Å². The summed E-state index contributed by atoms with van der Waals surface area (Å²) in [6.07, 6.45) is 2.89. The summed E-state index contributed by atoms with van der Waals surface area (Å²) in [7, 11) is -3.44. The Bertz CT molecular complexity index is 770. The standard InChI is InChI=1S/C18H25N3O4S/c1-13-12-16(13)18(23)19-9-8-17(22)20-14-4-6-15(7-5-14)26(24,25)21-10-2-3-11-21/h4-7,13,16H,2-3,8-12H2,1H3,(H,19,23)(H,20,22). The maximum absolute atomic E-state index is 12.5. The van der Waals surface area contributed by atoms with E-state index >= 15 is 0 Å². The summed E-state index contributed by atoms with van der Waals surface area (Å²) < 4.78 is 26.4. The van der Waals surface area contributed by atoms with Gasteiger partial charge in [-0.3, -0.25) is 9.59 Å². The molecule has 1 aliphatic heterocycles. The molecule has 0 aromatic heterocycles. The van der Waals surface area contributed by atoms with Crippen LogP contribution in [0.5, 0.6) is 0 Å². The highest BCUT2D eigenvalue weighted by atomic mass is 32.2. The van der Waals surface area contributed by atoms with Gasteiger partial charge in [-0.25, -0.2) is 8.42 Å². The molecule has 1 saturated carbocycles. The molecule has 1 heterocycles. The van der Waals surface area contributed by atoms with Gasteiger partial charge in [0.15, 0.2) is 0 Å². The van der Waals surface area contributed by atoms with Crippen molar-refractivity contribution in [2.24, 2.45) is 11.8 Å². The second-order valence-electron chi connectivity index (χ2n) is 7.04. The van der Waals surface area contributed by atoms with Crippen LogP contribution in [0.25, 0.3) is 0 Å². The molecule has 26 heavy (non-hydrogen) atoms. The van der Waals surface area contributed by atoms with E-state index in [1.807, 2.05) is 6.92 Å². The van der Waals surface area contributed by atoms with E-state index in [1.54, 1.807) is 12.1 Å². The van der Waals surface area contributed by atoms with E-state index in [2.05, 4.69) is 10.6 Å². The predicted molar refractivity (Wildman–Crippen MR) is 98.0 cm³/mol. The lowest BCUT2D eigenvalue weighted by Gasteiger charge is -2.15. The Balaban J connectivity index is 1.47. The fourth-order valence-corrected chi connectivity index (χ4v) is 4.65. The number of amides is 2. The molecule has 7 nitrogen and oxygen atoms in total. The molecule has 2 fully saturated rings. The van der Waals surface area contributed by atoms with Crippen LogP contribution in [0.15, 0.2) is 29.2 Å². The highest BCUT2D eigenvalue weighted by Crippen LogP contribution is 2.37. The topological polar surface area (TPSA) is 95.6 Å². The van der Waals surface area contributed by atoms with Gasteiger partial charge in [-0.1, -0.05) is 6.92 Å². The number of hydrogen-bond donors (Lipinski definition) is 2. The molecule has 2 unspecified atom stereocenters. The molecule has 8 heteroatoms. The minimum absolute atomic E-state index is 0.0155. The first kappa shape index (κ1) is 18.8. The van der Waals surface area contributed by atoms with Crippen LogP contribution in [-0.2, 0) is 19.6 Å². The lowest BCUT2D eigenvalue weighted by atomic mass is 10.3. The summed E-state index contributed by atoms with van der Waals surface area (Å²) >= 11 is 0. The van der Waals surface area contributed by atoms with Crippen LogP contribution >= 0.6 is 0 Å². The van der Waals surface area contributed by atoms with Crippen molar-refractivity contribution in [3.63, 3.8) is 0 Å². The van der Waals surface area contributed by atoms with E-state index < -0.39 is 10.0 Å². The molecule has 1 aromatic rings. The number of sulfonamides is 1. The van der Waals surface area contributed by atoms with Crippen molar-refractivity contribution in [1.82, 2.24) is 9.62 Å². The molecule has 0 spiro atoms. The van der Waals surface area contributed by atoms with Crippen molar-refractivity contribution in [3.8, 4) is 0 Å². The Hall–Kier alpha value is -1.93. The Morgan fingerprint density at radius 2 is 1.77 bits per heavy atom. The van der Waals surface area contributed by atoms with Crippen molar-refractivity contribution >= 4 is 27.5 Å². The third-order valence-corrected chi connectivity index (χ3v) is 6.85. The summed E-state index contributed by atoms with van der Waals surface area (Å²) in [6, 6.07) is 6.20. The summed E-state index contributed by atoms with van der Waals surface area (Å²) in [6.45, 7) is 3.46. The molecule has 0 bridgehead atoms. The van der Waals surface area contributed by atoms with Crippen LogP contribution in [0.3, 0.4) is 0 Å². The van der Waals surface area contributed by atoms with Crippen molar-refractivity contribution < 1.29 is 18.0 Å². The molecule has 1 aromatic carbocycles. The lowest BCUT2D eigenvalue weighted by Crippen LogP contribution is -2.29. The predicted octanol–water partition coefficient (Wildman–Crippen LogP) is 1.57. The van der Waals surface area contributed by atoms with E-state index in [0.29, 0.717) is 31.2 Å². The van der Waals surface area contributed by atoms with Gasteiger partial charge >= 0.3 is 0 Å². The van der Waals surface area contributed by atoms with Gasteiger partial charge in [-0.05, 0) is 49.4 Å². The largest absolute Gasteiger partial charge is 0.355 e. The molecular weight excluding hydrogens is 354 g/mol. The number of nitrogens with one attached hydrogen (secondary N) is 2. The zero-order chi connectivity index (χ0) is 18.7. The molecule has 2 aliphatic rings. The van der Waals surface area contributed by atoms with Crippen LogP contribution in [0.2, 0.25) is 0 Å². The maximum Gasteiger partial charge on any atom is 0.243 e. The van der Waals surface area contributed by atoms with Crippen molar-refractivity contribution in [3.05, 3.63) is 24.3 Å². The summed E-state index contributed by atoms with van der Waals surface area (Å²) in [5.74, 6) is 0.341. The molecule has 0 radical (unpaired) electrons. The highest BCUT2D eigenvalue weighted by molar-refractivity contribution is 7.89. The number of carbonyl (C=O) groups excluding carboxylic acids is 2. The molecule has 1 saturated heterocycles. The van der Waals surface area contributed by atoms with Gasteiger partial charge in [0.25, 0.3) is 0 Å². The van der Waals surface area contributed by atoms with Gasteiger partial charge in [0.1, 0.15) is 0 Å². The maximum atomic E-state index is 12.5. The lowest BCUT2D eigenvalue weighted by molar-refractivity contribution is -0.122. The monoisotopic (exact) mass is 379 g/mol. The quantitative estimate of drug-likeness (QED) is 0.752. The summed E-state index contributed by atoms with van der Waals surface area (Å²) in [5, 5.41) is 5.49. The molecule has 2 amide bonds. The Morgan fingerprint density at radius 3 is 2.35 bits per heavy atom. The molecule has 1 aliphatic carbocycles. The molecule has 2 N–H and O–H groups in total. The fourth-order valence-electron chi connectivity index (χ4n) is 3.13. The second-order valence-corrected chi connectivity index (χ2v) is 8.98. The van der Waals surface area contributed by atoms with Crippen LogP contribution in [0.4, 0.5) is 5.69 Å². The van der Waals surface area contributed by atoms with Gasteiger partial charge in [-0.15, -0.1) is 0 Å². The van der Waals surface area contributed by atoms with Gasteiger partial charge < -0.3 is 10.6 Å². The van der Waals surface area contributed by atoms with Crippen LogP contribution in [0, 0.1) is 11.8 Å². The average molecular weight is 379 g/mol. The number of carbonyl (C=O) groups is 2. The Labute approximate surface area is 154 Å². The first-order chi connectivity index (χ1) is 12.4. The number of benzene rings is 1. The van der Waals surface area contributed by atoms with E-state index in [0.717, 1.165) is 19.3 Å². The van der Waals surface area contributed by atoms with Gasteiger partial charge in [-0.2, -0.15) is 4.31 Å². The highest BCUT2D eigenvalue weighted by Gasteiger charge is 2.38. The molecular formula is C18H25N3O4S. The van der Waals surface area contributed by atoms with Crippen molar-refractivity contribution in [2.75, 3.05) is 25.0 Å². The fraction of sp³-hybridized carbons (Fsp3) is 0.556. The van der Waals surface area contributed by atoms with Crippen molar-refractivity contribution in [2.45, 2.75) is 37.5 Å². The van der Waals surface area contributed by atoms with E-state index in [4.69, 9.17) is 0 Å². The molecule has 3 rings (SSSR count). The third-order valence-electron chi connectivity index (χ3n) is 4.94. The van der Waals surface area contributed by atoms with Gasteiger partial charge in [0, 0.05) is 37.7 Å². The Morgan fingerprint density at radius 1 is 1.15 bits per heavy atom. The molecule has 2 atom stereocenters. The smallest absolute Gasteiger partial charge is 0.243 e.